The quantitative estimate of drug-likeness (QED) is 0.334. The number of hydrogen-bond donors (Lipinski definition) is 3. The van der Waals surface area contributed by atoms with Gasteiger partial charge in [-0.25, -0.2) is 14.7 Å². The first-order valence-corrected chi connectivity index (χ1v) is 10.9. The second-order valence-corrected chi connectivity index (χ2v) is 7.74. The first-order valence-electron chi connectivity index (χ1n) is 10.9. The average molecular weight is 437 g/mol. The van der Waals surface area contributed by atoms with Crippen LogP contribution in [0.4, 0.5) is 0 Å². The van der Waals surface area contributed by atoms with Crippen molar-refractivity contribution in [1.82, 2.24) is 25.4 Å². The van der Waals surface area contributed by atoms with Crippen LogP contribution in [0.5, 0.6) is 5.75 Å². The zero-order valence-corrected chi connectivity index (χ0v) is 18.9. The van der Waals surface area contributed by atoms with Gasteiger partial charge in [-0.2, -0.15) is 5.10 Å². The molecular formula is C24H32N6O2. The zero-order valence-electron chi connectivity index (χ0n) is 18.9. The molecule has 1 heterocycles. The van der Waals surface area contributed by atoms with Crippen molar-refractivity contribution in [2.24, 2.45) is 4.99 Å². The van der Waals surface area contributed by atoms with Crippen molar-refractivity contribution in [2.75, 3.05) is 13.1 Å². The van der Waals surface area contributed by atoms with E-state index in [1.165, 1.54) is 6.33 Å². The number of ether oxygens (including phenoxy) is 1. The summed E-state index contributed by atoms with van der Waals surface area (Å²) in [5.41, 5.74) is 3.06. The summed E-state index contributed by atoms with van der Waals surface area (Å²) < 4.78 is 7.44. The fourth-order valence-corrected chi connectivity index (χ4v) is 3.19. The molecule has 3 aromatic rings. The summed E-state index contributed by atoms with van der Waals surface area (Å²) in [4.78, 5) is 8.64. The monoisotopic (exact) mass is 436 g/mol. The van der Waals surface area contributed by atoms with Crippen molar-refractivity contribution in [1.29, 1.82) is 0 Å². The Bertz CT molecular complexity index is 970. The summed E-state index contributed by atoms with van der Waals surface area (Å²) in [5, 5.41) is 21.2. The molecule has 1 atom stereocenters. The van der Waals surface area contributed by atoms with Crippen LogP contribution in [-0.2, 0) is 13.1 Å². The molecule has 0 amide bonds. The molecule has 8 nitrogen and oxygen atoms in total. The van der Waals surface area contributed by atoms with E-state index in [1.54, 1.807) is 11.0 Å². The molecule has 8 heteroatoms. The van der Waals surface area contributed by atoms with Crippen molar-refractivity contribution in [3.63, 3.8) is 0 Å². The highest BCUT2D eigenvalue weighted by Gasteiger charge is 2.09. The molecular weight excluding hydrogens is 404 g/mol. The summed E-state index contributed by atoms with van der Waals surface area (Å²) in [6.07, 6.45) is 2.70. The van der Waals surface area contributed by atoms with Gasteiger partial charge >= 0.3 is 0 Å². The van der Waals surface area contributed by atoms with Gasteiger partial charge in [0.05, 0.1) is 25.3 Å². The molecule has 0 bridgehead atoms. The maximum absolute atomic E-state index is 10.6. The van der Waals surface area contributed by atoms with Crippen molar-refractivity contribution < 1.29 is 9.84 Å². The van der Waals surface area contributed by atoms with Gasteiger partial charge in [-0.3, -0.25) is 0 Å². The van der Waals surface area contributed by atoms with E-state index in [9.17, 15) is 5.11 Å². The number of rotatable bonds is 10. The van der Waals surface area contributed by atoms with Crippen LogP contribution in [0.1, 0.15) is 43.6 Å². The van der Waals surface area contributed by atoms with Gasteiger partial charge in [0.2, 0.25) is 0 Å². The maximum atomic E-state index is 10.6. The number of aromatic nitrogens is 3. The van der Waals surface area contributed by atoms with Crippen LogP contribution >= 0.6 is 0 Å². The van der Waals surface area contributed by atoms with Crippen molar-refractivity contribution in [3.8, 4) is 5.75 Å². The number of guanidine groups is 1. The molecule has 0 saturated heterocycles. The van der Waals surface area contributed by atoms with Gasteiger partial charge in [0.15, 0.2) is 5.96 Å². The van der Waals surface area contributed by atoms with Crippen LogP contribution in [0.15, 0.2) is 66.2 Å². The van der Waals surface area contributed by atoms with Crippen LogP contribution in [0.3, 0.4) is 0 Å². The second-order valence-electron chi connectivity index (χ2n) is 7.74. The highest BCUT2D eigenvalue weighted by molar-refractivity contribution is 5.79. The summed E-state index contributed by atoms with van der Waals surface area (Å²) in [7, 11) is 0. The Morgan fingerprint density at radius 1 is 1.12 bits per heavy atom. The molecule has 0 saturated carbocycles. The first-order chi connectivity index (χ1) is 15.5. The number of aliphatic imine (C=N–C) groups is 1. The molecule has 0 aliphatic heterocycles. The van der Waals surface area contributed by atoms with E-state index in [0.717, 1.165) is 29.0 Å². The number of nitrogens with zero attached hydrogens (tertiary/aromatic N) is 4. The normalized spacial score (nSPS) is 12.6. The van der Waals surface area contributed by atoms with E-state index in [-0.39, 0.29) is 6.10 Å². The zero-order chi connectivity index (χ0) is 22.8. The molecule has 0 aliphatic carbocycles. The Labute approximate surface area is 189 Å². The topological polar surface area (TPSA) is 96.6 Å². The number of benzene rings is 2. The smallest absolute Gasteiger partial charge is 0.191 e. The van der Waals surface area contributed by atoms with E-state index in [2.05, 4.69) is 37.8 Å². The van der Waals surface area contributed by atoms with Gasteiger partial charge < -0.3 is 20.5 Å². The lowest BCUT2D eigenvalue weighted by atomic mass is 10.1. The molecule has 0 spiro atoms. The minimum Gasteiger partial charge on any atom is -0.491 e. The minimum absolute atomic E-state index is 0.120. The third-order valence-electron chi connectivity index (χ3n) is 4.67. The highest BCUT2D eigenvalue weighted by atomic mass is 16.5. The average Bonchev–Trinajstić information content (AvgIpc) is 3.29. The lowest BCUT2D eigenvalue weighted by molar-refractivity contribution is 0.180. The molecule has 2 aromatic carbocycles. The van der Waals surface area contributed by atoms with Gasteiger partial charge in [0.1, 0.15) is 18.4 Å². The summed E-state index contributed by atoms with van der Waals surface area (Å²) in [6, 6.07) is 15.8. The van der Waals surface area contributed by atoms with Crippen molar-refractivity contribution in [2.45, 2.75) is 46.1 Å². The second kappa shape index (κ2) is 11.9. The number of aliphatic hydroxyl groups is 1. The molecule has 3 N–H and O–H groups in total. The molecule has 0 aliphatic rings. The van der Waals surface area contributed by atoms with Crippen LogP contribution in [-0.4, -0.2) is 45.0 Å². The van der Waals surface area contributed by atoms with Gasteiger partial charge in [0.25, 0.3) is 0 Å². The number of hydrogen-bond acceptors (Lipinski definition) is 5. The summed E-state index contributed by atoms with van der Waals surface area (Å²) in [6.45, 7) is 8.27. The molecule has 3 rings (SSSR count). The van der Waals surface area contributed by atoms with Crippen LogP contribution in [0.25, 0.3) is 0 Å². The van der Waals surface area contributed by atoms with Gasteiger partial charge in [-0.1, -0.05) is 36.4 Å². The Morgan fingerprint density at radius 2 is 1.91 bits per heavy atom. The summed E-state index contributed by atoms with van der Waals surface area (Å²) in [5.74, 6) is 1.46. The minimum atomic E-state index is -0.655. The Balaban J connectivity index is 1.56. The molecule has 1 unspecified atom stereocenters. The fraction of sp³-hybridized carbons (Fsp3) is 0.375. The lowest BCUT2D eigenvalue weighted by Gasteiger charge is -2.16. The Hall–Kier alpha value is -3.39. The molecule has 170 valence electrons. The van der Waals surface area contributed by atoms with E-state index < -0.39 is 6.10 Å². The van der Waals surface area contributed by atoms with E-state index >= 15 is 0 Å². The Morgan fingerprint density at radius 3 is 2.59 bits per heavy atom. The van der Waals surface area contributed by atoms with Crippen molar-refractivity contribution >= 4 is 5.96 Å². The van der Waals surface area contributed by atoms with Crippen LogP contribution < -0.4 is 15.4 Å². The molecule has 1 aromatic heterocycles. The van der Waals surface area contributed by atoms with E-state index in [0.29, 0.717) is 25.6 Å². The van der Waals surface area contributed by atoms with Gasteiger partial charge in [-0.05, 0) is 49.6 Å². The molecule has 0 radical (unpaired) electrons. The van der Waals surface area contributed by atoms with Gasteiger partial charge in [0, 0.05) is 13.1 Å². The highest BCUT2D eigenvalue weighted by Crippen LogP contribution is 2.18. The van der Waals surface area contributed by atoms with Crippen LogP contribution in [0, 0.1) is 0 Å². The van der Waals surface area contributed by atoms with Gasteiger partial charge in [-0.15, -0.1) is 0 Å². The Kier molecular flexibility index (Phi) is 8.62. The largest absolute Gasteiger partial charge is 0.491 e. The van der Waals surface area contributed by atoms with Crippen LogP contribution in [0.2, 0.25) is 0 Å². The lowest BCUT2D eigenvalue weighted by Crippen LogP contribution is -2.39. The summed E-state index contributed by atoms with van der Waals surface area (Å²) >= 11 is 0. The standard InChI is InChI=1S/C24H32N6O2/c1-4-26-24(28-14-23(31)21-8-10-22(11-9-21)32-18(2)3)27-13-19-6-5-7-20(12-19)15-30-17-25-16-29-30/h5-12,16-18,23,31H,4,13-15H2,1-3H3,(H2,26,27,28). The van der Waals surface area contributed by atoms with E-state index in [1.807, 2.05) is 57.2 Å². The predicted octanol–water partition coefficient (Wildman–Crippen LogP) is 2.90. The maximum Gasteiger partial charge on any atom is 0.191 e. The van der Waals surface area contributed by atoms with E-state index in [4.69, 9.17) is 4.74 Å². The fourth-order valence-electron chi connectivity index (χ4n) is 3.19. The predicted molar refractivity (Wildman–Crippen MR) is 126 cm³/mol. The first kappa shape index (κ1) is 23.3. The molecule has 32 heavy (non-hydrogen) atoms. The number of nitrogens with one attached hydrogen (secondary N) is 2. The third-order valence-corrected chi connectivity index (χ3v) is 4.67. The third kappa shape index (κ3) is 7.39. The SMILES string of the molecule is CCNC(=NCc1cccc(Cn2cncn2)c1)NCC(O)c1ccc(OC(C)C)cc1. The molecule has 0 fully saturated rings. The number of aliphatic hydroxyl groups excluding tert-OH is 1. The van der Waals surface area contributed by atoms with Crippen molar-refractivity contribution in [3.05, 3.63) is 77.9 Å².